The van der Waals surface area contributed by atoms with Gasteiger partial charge in [-0.3, -0.25) is 4.79 Å². The van der Waals surface area contributed by atoms with Gasteiger partial charge in [0.1, 0.15) is 0 Å². The summed E-state index contributed by atoms with van der Waals surface area (Å²) in [6.07, 6.45) is 9.24. The second-order valence-corrected chi connectivity index (χ2v) is 6.89. The lowest BCUT2D eigenvalue weighted by Crippen LogP contribution is -2.38. The summed E-state index contributed by atoms with van der Waals surface area (Å²) >= 11 is 0. The van der Waals surface area contributed by atoms with Crippen molar-refractivity contribution in [2.75, 3.05) is 19.6 Å². The number of allylic oxidation sites excluding steroid dienone is 1. The van der Waals surface area contributed by atoms with E-state index in [0.29, 0.717) is 5.78 Å². The molecule has 1 aliphatic heterocycles. The average Bonchev–Trinajstić information content (AvgIpc) is 2.54. The highest BCUT2D eigenvalue weighted by atomic mass is 35.5. The number of carbonyl (C=O) groups is 1. The summed E-state index contributed by atoms with van der Waals surface area (Å²) in [6, 6.07) is 8.46. The molecule has 2 nitrogen and oxygen atoms in total. The molecule has 1 aliphatic carbocycles. The number of hydrogen-bond donors (Lipinski definition) is 0. The first-order chi connectivity index (χ1) is 10.7. The number of likely N-dealkylation sites (tertiary alicyclic amines) is 1. The standard InChI is InChI=1S/C20H27NO.ClH/c1-16-8-10-17(11-9-16)14-18-6-5-7-19(20(18)22)15-21-12-3-2-4-13-21;/h8-11,14,19H,2-7,12-13,15H2,1H3;1H/b18-14-;. The van der Waals surface area contributed by atoms with Gasteiger partial charge in [-0.1, -0.05) is 36.2 Å². The predicted octanol–water partition coefficient (Wildman–Crippen LogP) is 4.66. The van der Waals surface area contributed by atoms with Crippen molar-refractivity contribution in [3.05, 3.63) is 41.0 Å². The normalized spacial score (nSPS) is 24.5. The van der Waals surface area contributed by atoms with Crippen molar-refractivity contribution in [2.45, 2.75) is 45.4 Å². The van der Waals surface area contributed by atoms with Crippen LogP contribution in [0.5, 0.6) is 0 Å². The van der Waals surface area contributed by atoms with E-state index in [4.69, 9.17) is 0 Å². The quantitative estimate of drug-likeness (QED) is 0.750. The molecule has 2 fully saturated rings. The average molecular weight is 334 g/mol. The maximum absolute atomic E-state index is 12.8. The summed E-state index contributed by atoms with van der Waals surface area (Å²) in [6.45, 7) is 5.43. The molecule has 0 aromatic heterocycles. The van der Waals surface area contributed by atoms with E-state index in [-0.39, 0.29) is 18.3 Å². The van der Waals surface area contributed by atoms with Crippen LogP contribution in [0.4, 0.5) is 0 Å². The number of Topliss-reactive ketones (excluding diaryl/α,β-unsaturated/α-hetero) is 1. The molecule has 3 heteroatoms. The number of benzene rings is 1. The molecule has 1 atom stereocenters. The third-order valence-electron chi connectivity index (χ3n) is 5.03. The molecule has 3 rings (SSSR count). The minimum absolute atomic E-state index is 0. The number of piperidine rings is 1. The number of hydrogen-bond acceptors (Lipinski definition) is 2. The van der Waals surface area contributed by atoms with Crippen LogP contribution in [-0.4, -0.2) is 30.3 Å². The minimum atomic E-state index is 0. The van der Waals surface area contributed by atoms with Crippen LogP contribution in [0.25, 0.3) is 6.08 Å². The van der Waals surface area contributed by atoms with Crippen molar-refractivity contribution >= 4 is 24.3 Å². The van der Waals surface area contributed by atoms with Crippen molar-refractivity contribution in [1.82, 2.24) is 4.90 Å². The van der Waals surface area contributed by atoms with Gasteiger partial charge in [0.05, 0.1) is 0 Å². The van der Waals surface area contributed by atoms with E-state index in [1.54, 1.807) is 0 Å². The molecule has 2 aliphatic rings. The predicted molar refractivity (Wildman–Crippen MR) is 99.0 cm³/mol. The van der Waals surface area contributed by atoms with Gasteiger partial charge >= 0.3 is 0 Å². The van der Waals surface area contributed by atoms with Gasteiger partial charge in [0, 0.05) is 12.5 Å². The molecule has 1 unspecified atom stereocenters. The van der Waals surface area contributed by atoms with Crippen LogP contribution in [0.15, 0.2) is 29.8 Å². The molecule has 1 aromatic carbocycles. The van der Waals surface area contributed by atoms with Crippen molar-refractivity contribution in [3.8, 4) is 0 Å². The Hall–Kier alpha value is -1.12. The number of nitrogens with zero attached hydrogens (tertiary/aromatic N) is 1. The fraction of sp³-hybridized carbons (Fsp3) is 0.550. The fourth-order valence-electron chi connectivity index (χ4n) is 3.69. The van der Waals surface area contributed by atoms with Gasteiger partial charge in [-0.05, 0) is 69.3 Å². The minimum Gasteiger partial charge on any atom is -0.303 e. The Morgan fingerprint density at radius 1 is 1.09 bits per heavy atom. The number of carbonyl (C=O) groups excluding carboxylic acids is 1. The van der Waals surface area contributed by atoms with Crippen LogP contribution >= 0.6 is 12.4 Å². The Labute approximate surface area is 146 Å². The third kappa shape index (κ3) is 4.92. The zero-order valence-electron chi connectivity index (χ0n) is 14.1. The van der Waals surface area contributed by atoms with Crippen LogP contribution in [-0.2, 0) is 4.79 Å². The van der Waals surface area contributed by atoms with Crippen LogP contribution in [0.1, 0.15) is 49.7 Å². The lowest BCUT2D eigenvalue weighted by atomic mass is 9.83. The Balaban J connectivity index is 0.00000192. The van der Waals surface area contributed by atoms with E-state index in [0.717, 1.165) is 36.9 Å². The van der Waals surface area contributed by atoms with E-state index in [2.05, 4.69) is 42.2 Å². The second kappa shape index (κ2) is 8.65. The molecule has 0 radical (unpaired) electrons. The topological polar surface area (TPSA) is 20.3 Å². The Kier molecular flexibility index (Phi) is 6.86. The number of aryl methyl sites for hydroxylation is 1. The molecule has 0 spiro atoms. The highest BCUT2D eigenvalue weighted by molar-refractivity contribution is 6.01. The maximum atomic E-state index is 12.8. The van der Waals surface area contributed by atoms with Crippen LogP contribution < -0.4 is 0 Å². The van der Waals surface area contributed by atoms with Gasteiger partial charge < -0.3 is 4.90 Å². The van der Waals surface area contributed by atoms with Crippen LogP contribution in [0.2, 0.25) is 0 Å². The molecular weight excluding hydrogens is 306 g/mol. The van der Waals surface area contributed by atoms with Gasteiger partial charge in [-0.25, -0.2) is 0 Å². The molecule has 0 N–H and O–H groups in total. The van der Waals surface area contributed by atoms with Crippen molar-refractivity contribution in [1.29, 1.82) is 0 Å². The fourth-order valence-corrected chi connectivity index (χ4v) is 3.69. The molecular formula is C20H28ClNO. The maximum Gasteiger partial charge on any atom is 0.163 e. The van der Waals surface area contributed by atoms with Gasteiger partial charge in [0.15, 0.2) is 5.78 Å². The third-order valence-corrected chi connectivity index (χ3v) is 5.03. The summed E-state index contributed by atoms with van der Waals surface area (Å²) in [5.74, 6) is 0.626. The van der Waals surface area contributed by atoms with Gasteiger partial charge in [-0.2, -0.15) is 0 Å². The van der Waals surface area contributed by atoms with E-state index in [1.807, 2.05) is 0 Å². The van der Waals surface area contributed by atoms with E-state index in [9.17, 15) is 4.79 Å². The lowest BCUT2D eigenvalue weighted by molar-refractivity contribution is -0.121. The molecule has 0 bridgehead atoms. The first kappa shape index (κ1) is 18.2. The van der Waals surface area contributed by atoms with Gasteiger partial charge in [-0.15, -0.1) is 12.4 Å². The van der Waals surface area contributed by atoms with Gasteiger partial charge in [0.25, 0.3) is 0 Å². The lowest BCUT2D eigenvalue weighted by Gasteiger charge is -2.32. The number of halogens is 1. The van der Waals surface area contributed by atoms with Crippen molar-refractivity contribution in [2.24, 2.45) is 5.92 Å². The first-order valence-corrected chi connectivity index (χ1v) is 8.76. The van der Waals surface area contributed by atoms with Crippen LogP contribution in [0, 0.1) is 12.8 Å². The molecule has 1 heterocycles. The SMILES string of the molecule is Cc1ccc(/C=C2/CCCC(CN3CCCCC3)C2=O)cc1.Cl. The first-order valence-electron chi connectivity index (χ1n) is 8.76. The van der Waals surface area contributed by atoms with E-state index in [1.165, 1.54) is 37.9 Å². The van der Waals surface area contributed by atoms with E-state index >= 15 is 0 Å². The number of rotatable bonds is 3. The summed E-state index contributed by atoms with van der Waals surface area (Å²) in [7, 11) is 0. The Morgan fingerprint density at radius 2 is 1.78 bits per heavy atom. The van der Waals surface area contributed by atoms with Crippen LogP contribution in [0.3, 0.4) is 0 Å². The largest absolute Gasteiger partial charge is 0.303 e. The van der Waals surface area contributed by atoms with Crippen molar-refractivity contribution < 1.29 is 4.79 Å². The summed E-state index contributed by atoms with van der Waals surface area (Å²) in [5.41, 5.74) is 3.46. The highest BCUT2D eigenvalue weighted by Crippen LogP contribution is 2.28. The molecule has 0 amide bonds. The summed E-state index contributed by atoms with van der Waals surface area (Å²) < 4.78 is 0. The molecule has 126 valence electrons. The van der Waals surface area contributed by atoms with E-state index < -0.39 is 0 Å². The van der Waals surface area contributed by atoms with Gasteiger partial charge in [0.2, 0.25) is 0 Å². The summed E-state index contributed by atoms with van der Waals surface area (Å²) in [5, 5.41) is 0. The Morgan fingerprint density at radius 3 is 2.48 bits per heavy atom. The highest BCUT2D eigenvalue weighted by Gasteiger charge is 2.28. The molecule has 1 saturated carbocycles. The Bertz CT molecular complexity index is 543. The molecule has 23 heavy (non-hydrogen) atoms. The monoisotopic (exact) mass is 333 g/mol. The van der Waals surface area contributed by atoms with Crippen molar-refractivity contribution in [3.63, 3.8) is 0 Å². The smallest absolute Gasteiger partial charge is 0.163 e. The zero-order valence-corrected chi connectivity index (χ0v) is 14.9. The zero-order chi connectivity index (χ0) is 15.4. The number of ketones is 1. The molecule has 1 saturated heterocycles. The molecule has 1 aromatic rings. The second-order valence-electron chi connectivity index (χ2n) is 6.89. The summed E-state index contributed by atoms with van der Waals surface area (Å²) in [4.78, 5) is 15.3.